The van der Waals surface area contributed by atoms with Crippen molar-refractivity contribution in [3.8, 4) is 0 Å². The van der Waals surface area contributed by atoms with Crippen LogP contribution in [0.3, 0.4) is 0 Å². The van der Waals surface area contributed by atoms with Crippen molar-refractivity contribution >= 4 is 17.3 Å². The van der Waals surface area contributed by atoms with E-state index >= 15 is 0 Å². The van der Waals surface area contributed by atoms with Gasteiger partial charge >= 0.3 is 0 Å². The van der Waals surface area contributed by atoms with Crippen molar-refractivity contribution in [2.75, 3.05) is 17.2 Å². The van der Waals surface area contributed by atoms with Gasteiger partial charge in [-0.2, -0.15) is 0 Å². The summed E-state index contributed by atoms with van der Waals surface area (Å²) in [6.07, 6.45) is 3.60. The fourth-order valence-electron chi connectivity index (χ4n) is 2.40. The van der Waals surface area contributed by atoms with E-state index in [0.717, 1.165) is 12.2 Å². The highest BCUT2D eigenvalue weighted by atomic mass is 16.1. The van der Waals surface area contributed by atoms with Crippen molar-refractivity contribution in [3.63, 3.8) is 0 Å². The van der Waals surface area contributed by atoms with Gasteiger partial charge in [0.05, 0.1) is 11.4 Å². The maximum atomic E-state index is 11.2. The summed E-state index contributed by atoms with van der Waals surface area (Å²) in [4.78, 5) is 13.5. The molecule has 0 aromatic heterocycles. The fraction of sp³-hybridized carbons (Fsp3) is 0.462. The molecular weight excluding hydrogens is 214 g/mol. The summed E-state index contributed by atoms with van der Waals surface area (Å²) in [5, 5.41) is 0. The number of hydrogen-bond donors (Lipinski definition) is 2. The largest absolute Gasteiger partial charge is 0.397 e. The second kappa shape index (κ2) is 4.65. The Labute approximate surface area is 102 Å². The van der Waals surface area contributed by atoms with Crippen LogP contribution in [0.15, 0.2) is 18.2 Å². The van der Waals surface area contributed by atoms with Crippen molar-refractivity contribution in [1.82, 2.24) is 0 Å². The van der Waals surface area contributed by atoms with E-state index < -0.39 is 5.91 Å². The Bertz CT molecular complexity index is 431. The summed E-state index contributed by atoms with van der Waals surface area (Å²) in [5.41, 5.74) is 13.5. The molecule has 1 saturated heterocycles. The van der Waals surface area contributed by atoms with Crippen molar-refractivity contribution in [3.05, 3.63) is 23.8 Å². The summed E-state index contributed by atoms with van der Waals surface area (Å²) in [5.74, 6) is -0.407. The lowest BCUT2D eigenvalue weighted by Gasteiger charge is -2.36. The molecule has 0 bridgehead atoms. The molecule has 4 heteroatoms. The smallest absolute Gasteiger partial charge is 0.248 e. The average molecular weight is 233 g/mol. The molecule has 1 aromatic carbocycles. The zero-order chi connectivity index (χ0) is 12.4. The van der Waals surface area contributed by atoms with Gasteiger partial charge in [0.15, 0.2) is 0 Å². The molecule has 1 unspecified atom stereocenters. The lowest BCUT2D eigenvalue weighted by molar-refractivity contribution is 0.100. The number of primary amides is 1. The topological polar surface area (TPSA) is 72.3 Å². The third-order valence-corrected chi connectivity index (χ3v) is 3.43. The first-order valence-electron chi connectivity index (χ1n) is 6.05. The van der Waals surface area contributed by atoms with Crippen LogP contribution in [0.25, 0.3) is 0 Å². The molecule has 17 heavy (non-hydrogen) atoms. The van der Waals surface area contributed by atoms with Crippen LogP contribution in [0.2, 0.25) is 0 Å². The second-order valence-corrected chi connectivity index (χ2v) is 4.68. The highest BCUT2D eigenvalue weighted by Crippen LogP contribution is 2.30. The number of piperidine rings is 1. The standard InChI is InChI=1S/C13H19N3O/c1-9-4-2-3-7-16(9)12-8-10(13(15)17)5-6-11(12)14/h5-6,8-9H,2-4,7,14H2,1H3,(H2,15,17). The van der Waals surface area contributed by atoms with Gasteiger partial charge < -0.3 is 16.4 Å². The number of nitrogens with two attached hydrogens (primary N) is 2. The van der Waals surface area contributed by atoms with E-state index in [1.807, 2.05) is 0 Å². The number of anilines is 2. The second-order valence-electron chi connectivity index (χ2n) is 4.68. The minimum Gasteiger partial charge on any atom is -0.397 e. The Hall–Kier alpha value is -1.71. The quantitative estimate of drug-likeness (QED) is 0.764. The van der Waals surface area contributed by atoms with Crippen molar-refractivity contribution < 1.29 is 4.79 Å². The Morgan fingerprint density at radius 2 is 2.18 bits per heavy atom. The Morgan fingerprint density at radius 3 is 2.82 bits per heavy atom. The monoisotopic (exact) mass is 233 g/mol. The highest BCUT2D eigenvalue weighted by molar-refractivity contribution is 5.95. The van der Waals surface area contributed by atoms with Crippen molar-refractivity contribution in [2.45, 2.75) is 32.2 Å². The Kier molecular flexibility index (Phi) is 3.22. The molecule has 2 rings (SSSR count). The molecule has 1 heterocycles. The van der Waals surface area contributed by atoms with E-state index in [0.29, 0.717) is 17.3 Å². The lowest BCUT2D eigenvalue weighted by atomic mass is 10.0. The van der Waals surface area contributed by atoms with E-state index in [-0.39, 0.29) is 0 Å². The first-order chi connectivity index (χ1) is 8.09. The zero-order valence-corrected chi connectivity index (χ0v) is 10.1. The van der Waals surface area contributed by atoms with Crippen molar-refractivity contribution in [1.29, 1.82) is 0 Å². The van der Waals surface area contributed by atoms with E-state index in [9.17, 15) is 4.79 Å². The maximum absolute atomic E-state index is 11.2. The lowest BCUT2D eigenvalue weighted by Crippen LogP contribution is -2.38. The molecule has 92 valence electrons. The van der Waals surface area contributed by atoms with Gasteiger partial charge in [-0.1, -0.05) is 0 Å². The van der Waals surface area contributed by atoms with Crippen LogP contribution in [0, 0.1) is 0 Å². The molecule has 4 N–H and O–H groups in total. The molecule has 1 aromatic rings. The van der Waals surface area contributed by atoms with E-state index in [2.05, 4.69) is 11.8 Å². The van der Waals surface area contributed by atoms with Gasteiger partial charge in [-0.25, -0.2) is 0 Å². The van der Waals surface area contributed by atoms with Gasteiger partial charge in [0, 0.05) is 18.2 Å². The summed E-state index contributed by atoms with van der Waals surface area (Å²) in [7, 11) is 0. The van der Waals surface area contributed by atoms with Crippen LogP contribution in [0.1, 0.15) is 36.5 Å². The first-order valence-corrected chi connectivity index (χ1v) is 6.05. The van der Waals surface area contributed by atoms with E-state index in [4.69, 9.17) is 11.5 Å². The minimum atomic E-state index is -0.407. The van der Waals surface area contributed by atoms with Gasteiger partial charge in [0.1, 0.15) is 0 Å². The normalized spacial score (nSPS) is 20.3. The minimum absolute atomic E-state index is 0.407. The molecule has 1 fully saturated rings. The molecule has 0 spiro atoms. The summed E-state index contributed by atoms with van der Waals surface area (Å²) in [6, 6.07) is 5.71. The highest BCUT2D eigenvalue weighted by Gasteiger charge is 2.20. The van der Waals surface area contributed by atoms with E-state index in [1.165, 1.54) is 19.3 Å². The van der Waals surface area contributed by atoms with Crippen LogP contribution >= 0.6 is 0 Å². The number of hydrogen-bond acceptors (Lipinski definition) is 3. The van der Waals surface area contributed by atoms with Gasteiger partial charge in [0.2, 0.25) is 5.91 Å². The van der Waals surface area contributed by atoms with Crippen LogP contribution in [0.4, 0.5) is 11.4 Å². The van der Waals surface area contributed by atoms with Crippen LogP contribution in [-0.4, -0.2) is 18.5 Å². The molecule has 1 amide bonds. The molecule has 0 saturated carbocycles. The molecule has 0 radical (unpaired) electrons. The van der Waals surface area contributed by atoms with Crippen LogP contribution in [-0.2, 0) is 0 Å². The third-order valence-electron chi connectivity index (χ3n) is 3.43. The number of rotatable bonds is 2. The summed E-state index contributed by atoms with van der Waals surface area (Å²) >= 11 is 0. The molecule has 4 nitrogen and oxygen atoms in total. The number of carbonyl (C=O) groups is 1. The molecular formula is C13H19N3O. The first kappa shape index (κ1) is 11.8. The average Bonchev–Trinajstić information content (AvgIpc) is 2.30. The van der Waals surface area contributed by atoms with Gasteiger partial charge in [-0.15, -0.1) is 0 Å². The Morgan fingerprint density at radius 1 is 1.41 bits per heavy atom. The van der Waals surface area contributed by atoms with Gasteiger partial charge in [-0.05, 0) is 44.4 Å². The summed E-state index contributed by atoms with van der Waals surface area (Å²) < 4.78 is 0. The predicted molar refractivity (Wildman–Crippen MR) is 70.0 cm³/mol. The number of amides is 1. The number of benzene rings is 1. The van der Waals surface area contributed by atoms with Gasteiger partial charge in [0.25, 0.3) is 0 Å². The van der Waals surface area contributed by atoms with Gasteiger partial charge in [-0.3, -0.25) is 4.79 Å². The van der Waals surface area contributed by atoms with Crippen LogP contribution in [0.5, 0.6) is 0 Å². The Balaban J connectivity index is 2.35. The number of nitrogen functional groups attached to an aromatic ring is 1. The van der Waals surface area contributed by atoms with Crippen LogP contribution < -0.4 is 16.4 Å². The zero-order valence-electron chi connectivity index (χ0n) is 10.1. The molecule has 1 atom stereocenters. The predicted octanol–water partition coefficient (Wildman–Crippen LogP) is 1.75. The molecule has 1 aliphatic heterocycles. The number of nitrogens with zero attached hydrogens (tertiary/aromatic N) is 1. The fourth-order valence-corrected chi connectivity index (χ4v) is 2.40. The maximum Gasteiger partial charge on any atom is 0.248 e. The number of carbonyl (C=O) groups excluding carboxylic acids is 1. The molecule has 1 aliphatic rings. The summed E-state index contributed by atoms with van der Waals surface area (Å²) in [6.45, 7) is 3.18. The third kappa shape index (κ3) is 2.35. The van der Waals surface area contributed by atoms with Crippen molar-refractivity contribution in [2.24, 2.45) is 5.73 Å². The molecule has 0 aliphatic carbocycles. The van der Waals surface area contributed by atoms with E-state index in [1.54, 1.807) is 18.2 Å². The SMILES string of the molecule is CC1CCCCN1c1cc(C(N)=O)ccc1N.